The molecule has 0 aromatic carbocycles. The van der Waals surface area contributed by atoms with Crippen LogP contribution in [0.1, 0.15) is 79.1 Å². The number of hydrogen-bond acceptors (Lipinski definition) is 4. The molecular weight excluding hydrogens is 292 g/mol. The fraction of sp³-hybridized carbons (Fsp3) is 0.842. The van der Waals surface area contributed by atoms with E-state index < -0.39 is 17.7 Å². The minimum atomic E-state index is -0.920. The highest BCUT2D eigenvalue weighted by atomic mass is 16.5. The molecule has 0 radical (unpaired) electrons. The van der Waals surface area contributed by atoms with Gasteiger partial charge in [0.25, 0.3) is 0 Å². The Bertz CT molecular complexity index is 364. The van der Waals surface area contributed by atoms with Crippen LogP contribution >= 0.6 is 0 Å². The van der Waals surface area contributed by atoms with Crippen LogP contribution in [0.25, 0.3) is 0 Å². The fourth-order valence-electron chi connectivity index (χ4n) is 2.90. The summed E-state index contributed by atoms with van der Waals surface area (Å²) in [5, 5.41) is 21.2. The third-order valence-electron chi connectivity index (χ3n) is 4.68. The zero-order valence-electron chi connectivity index (χ0n) is 15.6. The molecular formula is C19H36O4. The summed E-state index contributed by atoms with van der Waals surface area (Å²) in [6.45, 7) is 8.23. The van der Waals surface area contributed by atoms with E-state index >= 15 is 0 Å². The number of aliphatic hydroxyl groups excluding tert-OH is 1. The van der Waals surface area contributed by atoms with Crippen LogP contribution in [0.4, 0.5) is 0 Å². The van der Waals surface area contributed by atoms with E-state index in [1.807, 2.05) is 13.8 Å². The van der Waals surface area contributed by atoms with Crippen LogP contribution in [-0.4, -0.2) is 35.0 Å². The van der Waals surface area contributed by atoms with Gasteiger partial charge in [-0.3, -0.25) is 4.79 Å². The van der Waals surface area contributed by atoms with Crippen LogP contribution in [0, 0.1) is 5.92 Å². The molecule has 23 heavy (non-hydrogen) atoms. The van der Waals surface area contributed by atoms with Crippen molar-refractivity contribution < 1.29 is 19.7 Å². The predicted octanol–water partition coefficient (Wildman–Crippen LogP) is 3.99. The third kappa shape index (κ3) is 8.52. The molecule has 2 N–H and O–H groups in total. The van der Waals surface area contributed by atoms with Crippen LogP contribution in [0.2, 0.25) is 0 Å². The highest BCUT2D eigenvalue weighted by molar-refractivity contribution is 5.70. The minimum absolute atomic E-state index is 0.0665. The Morgan fingerprint density at radius 3 is 2.35 bits per heavy atom. The maximum Gasteiger partial charge on any atom is 0.308 e. The summed E-state index contributed by atoms with van der Waals surface area (Å²) in [6.07, 6.45) is 7.24. The monoisotopic (exact) mass is 328 g/mol. The quantitative estimate of drug-likeness (QED) is 0.420. The highest BCUT2D eigenvalue weighted by Gasteiger charge is 2.28. The van der Waals surface area contributed by atoms with Crippen molar-refractivity contribution in [3.63, 3.8) is 0 Å². The Labute approximate surface area is 141 Å². The molecule has 0 spiro atoms. The van der Waals surface area contributed by atoms with Gasteiger partial charge in [0.2, 0.25) is 0 Å². The maximum atomic E-state index is 11.3. The Morgan fingerprint density at radius 2 is 1.91 bits per heavy atom. The topological polar surface area (TPSA) is 66.8 Å². The largest absolute Gasteiger partial charge is 0.469 e. The van der Waals surface area contributed by atoms with E-state index in [0.29, 0.717) is 30.8 Å². The van der Waals surface area contributed by atoms with E-state index in [4.69, 9.17) is 0 Å². The molecule has 136 valence electrons. The predicted molar refractivity (Wildman–Crippen MR) is 94.2 cm³/mol. The first-order valence-corrected chi connectivity index (χ1v) is 9.04. The number of ether oxygens (including phenoxy) is 1. The van der Waals surface area contributed by atoms with E-state index in [-0.39, 0.29) is 6.42 Å². The number of carbonyl (C=O) groups excluding carboxylic acids is 1. The third-order valence-corrected chi connectivity index (χ3v) is 4.68. The molecule has 0 fully saturated rings. The first-order chi connectivity index (χ1) is 10.9. The van der Waals surface area contributed by atoms with Crippen molar-refractivity contribution in [2.45, 2.75) is 90.8 Å². The Morgan fingerprint density at radius 1 is 1.26 bits per heavy atom. The summed E-state index contributed by atoms with van der Waals surface area (Å²) < 4.78 is 4.61. The lowest BCUT2D eigenvalue weighted by Gasteiger charge is -2.30. The summed E-state index contributed by atoms with van der Waals surface area (Å²) >= 11 is 0. The van der Waals surface area contributed by atoms with Crippen molar-refractivity contribution in [3.8, 4) is 0 Å². The second-order valence-electron chi connectivity index (χ2n) is 6.45. The van der Waals surface area contributed by atoms with Crippen molar-refractivity contribution in [1.29, 1.82) is 0 Å². The lowest BCUT2D eigenvalue weighted by atomic mass is 9.82. The molecule has 0 aliphatic carbocycles. The van der Waals surface area contributed by atoms with Crippen LogP contribution in [-0.2, 0) is 9.53 Å². The lowest BCUT2D eigenvalue weighted by molar-refractivity contribution is -0.142. The van der Waals surface area contributed by atoms with Crippen LogP contribution < -0.4 is 0 Å². The van der Waals surface area contributed by atoms with Crippen molar-refractivity contribution in [2.75, 3.05) is 7.11 Å². The SMILES string of the molecule is CCCCC(CC)CC(O)(/C=C(/CC)C(O)CC(=O)OC)CC. The molecule has 0 aliphatic heterocycles. The first-order valence-electron chi connectivity index (χ1n) is 9.04. The molecule has 4 heteroatoms. The van der Waals surface area contributed by atoms with Crippen LogP contribution in [0.5, 0.6) is 0 Å². The maximum absolute atomic E-state index is 11.3. The van der Waals surface area contributed by atoms with Crippen molar-refractivity contribution >= 4 is 5.97 Å². The summed E-state index contributed by atoms with van der Waals surface area (Å²) in [5.74, 6) is 0.0401. The fourth-order valence-corrected chi connectivity index (χ4v) is 2.90. The van der Waals surface area contributed by atoms with Gasteiger partial charge in [0, 0.05) is 0 Å². The summed E-state index contributed by atoms with van der Waals surface area (Å²) in [5.41, 5.74) is -0.207. The molecule has 3 atom stereocenters. The first kappa shape index (κ1) is 22.1. The Hall–Kier alpha value is -0.870. The molecule has 0 aromatic heterocycles. The molecule has 0 aromatic rings. The number of esters is 1. The minimum Gasteiger partial charge on any atom is -0.469 e. The number of hydrogen-bond donors (Lipinski definition) is 2. The molecule has 0 amide bonds. The van der Waals surface area contributed by atoms with E-state index in [1.54, 1.807) is 6.08 Å². The van der Waals surface area contributed by atoms with E-state index in [9.17, 15) is 15.0 Å². The van der Waals surface area contributed by atoms with E-state index in [2.05, 4.69) is 18.6 Å². The Balaban J connectivity index is 5.08. The number of unbranched alkanes of at least 4 members (excludes halogenated alkanes) is 1. The van der Waals surface area contributed by atoms with Crippen LogP contribution in [0.3, 0.4) is 0 Å². The van der Waals surface area contributed by atoms with Crippen molar-refractivity contribution in [2.24, 2.45) is 5.92 Å². The lowest BCUT2D eigenvalue weighted by Crippen LogP contribution is -2.30. The molecule has 0 rings (SSSR count). The van der Waals surface area contributed by atoms with E-state index in [0.717, 1.165) is 19.3 Å². The normalized spacial score (nSPS) is 17.4. The van der Waals surface area contributed by atoms with Gasteiger partial charge in [0.1, 0.15) is 0 Å². The summed E-state index contributed by atoms with van der Waals surface area (Å²) in [6, 6.07) is 0. The van der Waals surface area contributed by atoms with Crippen molar-refractivity contribution in [1.82, 2.24) is 0 Å². The van der Waals surface area contributed by atoms with Gasteiger partial charge in [-0.15, -0.1) is 0 Å². The van der Waals surface area contributed by atoms with Gasteiger partial charge in [0.05, 0.1) is 25.2 Å². The Kier molecular flexibility index (Phi) is 11.2. The van der Waals surface area contributed by atoms with Gasteiger partial charge in [-0.25, -0.2) is 0 Å². The second kappa shape index (κ2) is 11.6. The molecule has 4 nitrogen and oxygen atoms in total. The highest BCUT2D eigenvalue weighted by Crippen LogP contribution is 2.30. The van der Waals surface area contributed by atoms with Gasteiger partial charge in [0.15, 0.2) is 0 Å². The van der Waals surface area contributed by atoms with E-state index in [1.165, 1.54) is 13.5 Å². The number of aliphatic hydroxyl groups is 2. The standard InChI is InChI=1S/C19H36O4/c1-6-10-11-15(7-2)13-19(22,9-4)14-16(8-3)17(20)12-18(21)23-5/h14-15,17,20,22H,6-13H2,1-5H3/b16-14-. The average molecular weight is 328 g/mol. The molecule has 0 aliphatic rings. The number of rotatable bonds is 12. The zero-order valence-corrected chi connectivity index (χ0v) is 15.6. The van der Waals surface area contributed by atoms with Gasteiger partial charge in [-0.1, -0.05) is 59.5 Å². The molecule has 0 heterocycles. The molecule has 0 saturated heterocycles. The number of methoxy groups -OCH3 is 1. The molecule has 0 saturated carbocycles. The van der Waals surface area contributed by atoms with Gasteiger partial charge in [-0.2, -0.15) is 0 Å². The number of carbonyl (C=O) groups is 1. The average Bonchev–Trinajstić information content (AvgIpc) is 2.56. The molecule has 0 bridgehead atoms. The van der Waals surface area contributed by atoms with Crippen molar-refractivity contribution in [3.05, 3.63) is 11.6 Å². The molecule has 3 unspecified atom stereocenters. The van der Waals surface area contributed by atoms with Gasteiger partial charge in [-0.05, 0) is 30.8 Å². The zero-order chi connectivity index (χ0) is 17.9. The van der Waals surface area contributed by atoms with Gasteiger partial charge >= 0.3 is 5.97 Å². The van der Waals surface area contributed by atoms with Crippen LogP contribution in [0.15, 0.2) is 11.6 Å². The second-order valence-corrected chi connectivity index (χ2v) is 6.45. The smallest absolute Gasteiger partial charge is 0.308 e. The summed E-state index contributed by atoms with van der Waals surface area (Å²) in [4.78, 5) is 11.3. The van der Waals surface area contributed by atoms with Gasteiger partial charge < -0.3 is 14.9 Å². The summed E-state index contributed by atoms with van der Waals surface area (Å²) in [7, 11) is 1.31.